The van der Waals surface area contributed by atoms with Gasteiger partial charge in [-0.2, -0.15) is 0 Å². The number of amides is 1. The lowest BCUT2D eigenvalue weighted by atomic mass is 9.89. The fourth-order valence-electron chi connectivity index (χ4n) is 3.00. The summed E-state index contributed by atoms with van der Waals surface area (Å²) in [6.07, 6.45) is 1.81. The highest BCUT2D eigenvalue weighted by molar-refractivity contribution is 5.94. The quantitative estimate of drug-likeness (QED) is 0.930. The largest absolute Gasteiger partial charge is 0.338 e. The highest BCUT2D eigenvalue weighted by atomic mass is 19.1. The van der Waals surface area contributed by atoms with Crippen molar-refractivity contribution in [3.05, 3.63) is 34.9 Å². The normalized spacial score (nSPS) is 22.4. The van der Waals surface area contributed by atoms with Crippen LogP contribution in [0.25, 0.3) is 0 Å². The molecular weight excluding hydrogens is 274 g/mol. The van der Waals surface area contributed by atoms with Crippen molar-refractivity contribution < 1.29 is 13.6 Å². The molecule has 2 unspecified atom stereocenters. The maximum absolute atomic E-state index is 13.9. The van der Waals surface area contributed by atoms with Crippen LogP contribution in [0.1, 0.15) is 35.7 Å². The van der Waals surface area contributed by atoms with E-state index in [9.17, 15) is 13.6 Å². The standard InChI is InChI=1S/C16H22F2N2O/c1-4-11-9-20(6-5-15(11)19-3)16(21)12-7-10(2)13(17)8-14(12)18/h7-8,11,15,19H,4-6,9H2,1-3H3. The lowest BCUT2D eigenvalue weighted by Gasteiger charge is -2.38. The molecule has 1 N–H and O–H groups in total. The minimum atomic E-state index is -0.785. The van der Waals surface area contributed by atoms with E-state index in [0.29, 0.717) is 25.0 Å². The van der Waals surface area contributed by atoms with Gasteiger partial charge in [0.05, 0.1) is 5.56 Å². The van der Waals surface area contributed by atoms with Gasteiger partial charge in [-0.1, -0.05) is 13.3 Å². The number of halogens is 2. The molecule has 1 amide bonds. The fraction of sp³-hybridized carbons (Fsp3) is 0.562. The van der Waals surface area contributed by atoms with Crippen LogP contribution >= 0.6 is 0 Å². The molecule has 2 atom stereocenters. The smallest absolute Gasteiger partial charge is 0.256 e. The Balaban J connectivity index is 2.19. The summed E-state index contributed by atoms with van der Waals surface area (Å²) in [6.45, 7) is 4.83. The van der Waals surface area contributed by atoms with Gasteiger partial charge in [0.25, 0.3) is 5.91 Å². The molecule has 0 saturated carbocycles. The molecule has 1 fully saturated rings. The van der Waals surface area contributed by atoms with Gasteiger partial charge in [0.1, 0.15) is 11.6 Å². The van der Waals surface area contributed by atoms with Crippen molar-refractivity contribution in [2.45, 2.75) is 32.7 Å². The van der Waals surface area contributed by atoms with Gasteiger partial charge in [0, 0.05) is 25.2 Å². The molecule has 0 aromatic heterocycles. The van der Waals surface area contributed by atoms with Crippen LogP contribution in [-0.4, -0.2) is 37.0 Å². The Labute approximate surface area is 124 Å². The van der Waals surface area contributed by atoms with Gasteiger partial charge < -0.3 is 10.2 Å². The summed E-state index contributed by atoms with van der Waals surface area (Å²) in [5.41, 5.74) is 0.253. The summed E-state index contributed by atoms with van der Waals surface area (Å²) in [7, 11) is 1.92. The van der Waals surface area contributed by atoms with Gasteiger partial charge in [-0.25, -0.2) is 8.78 Å². The molecule has 0 spiro atoms. The van der Waals surface area contributed by atoms with E-state index in [1.807, 2.05) is 7.05 Å². The number of benzene rings is 1. The number of aryl methyl sites for hydroxylation is 1. The Morgan fingerprint density at radius 2 is 2.10 bits per heavy atom. The minimum absolute atomic E-state index is 0.0355. The molecule has 1 saturated heterocycles. The third kappa shape index (κ3) is 3.23. The number of hydrogen-bond acceptors (Lipinski definition) is 2. The zero-order chi connectivity index (χ0) is 15.6. The van der Waals surface area contributed by atoms with Gasteiger partial charge in [-0.15, -0.1) is 0 Å². The van der Waals surface area contributed by atoms with E-state index < -0.39 is 11.6 Å². The fourth-order valence-corrected chi connectivity index (χ4v) is 3.00. The molecule has 1 aliphatic rings. The zero-order valence-electron chi connectivity index (χ0n) is 12.7. The molecule has 5 heteroatoms. The molecule has 0 radical (unpaired) electrons. The van der Waals surface area contributed by atoms with E-state index in [4.69, 9.17) is 0 Å². The molecule has 1 aliphatic heterocycles. The first-order chi connectivity index (χ1) is 9.97. The number of carbonyl (C=O) groups excluding carboxylic acids is 1. The summed E-state index contributed by atoms with van der Waals surface area (Å²) < 4.78 is 27.2. The molecule has 116 valence electrons. The lowest BCUT2D eigenvalue weighted by molar-refractivity contribution is 0.0627. The van der Waals surface area contributed by atoms with Crippen molar-refractivity contribution in [2.75, 3.05) is 20.1 Å². The first-order valence-electron chi connectivity index (χ1n) is 7.40. The van der Waals surface area contributed by atoms with Gasteiger partial charge in [-0.05, 0) is 37.9 Å². The number of carbonyl (C=O) groups is 1. The SMILES string of the molecule is CCC1CN(C(=O)c2cc(C)c(F)cc2F)CCC1NC. The van der Waals surface area contributed by atoms with Crippen molar-refractivity contribution in [1.82, 2.24) is 10.2 Å². The summed E-state index contributed by atoms with van der Waals surface area (Å²) in [6, 6.07) is 2.48. The maximum Gasteiger partial charge on any atom is 0.256 e. The molecule has 3 nitrogen and oxygen atoms in total. The van der Waals surface area contributed by atoms with E-state index in [1.165, 1.54) is 13.0 Å². The number of hydrogen-bond donors (Lipinski definition) is 1. The molecule has 1 aromatic carbocycles. The van der Waals surface area contributed by atoms with Crippen LogP contribution in [-0.2, 0) is 0 Å². The molecule has 1 aromatic rings. The zero-order valence-corrected chi connectivity index (χ0v) is 12.7. The number of rotatable bonds is 3. The third-order valence-electron chi connectivity index (χ3n) is 4.40. The predicted molar refractivity (Wildman–Crippen MR) is 78.2 cm³/mol. The van der Waals surface area contributed by atoms with Gasteiger partial charge in [0.2, 0.25) is 0 Å². The van der Waals surface area contributed by atoms with Crippen LogP contribution < -0.4 is 5.32 Å². The summed E-state index contributed by atoms with van der Waals surface area (Å²) in [4.78, 5) is 14.2. The number of nitrogens with one attached hydrogen (secondary N) is 1. The molecule has 1 heterocycles. The molecule has 2 rings (SSSR count). The highest BCUT2D eigenvalue weighted by Gasteiger charge is 2.31. The van der Waals surface area contributed by atoms with Gasteiger partial charge >= 0.3 is 0 Å². The molecule has 0 bridgehead atoms. The van der Waals surface area contributed by atoms with Crippen LogP contribution in [0.4, 0.5) is 8.78 Å². The second-order valence-corrected chi connectivity index (χ2v) is 5.68. The average Bonchev–Trinajstić information content (AvgIpc) is 2.49. The van der Waals surface area contributed by atoms with E-state index in [-0.39, 0.29) is 17.0 Å². The maximum atomic E-state index is 13.9. The van der Waals surface area contributed by atoms with Crippen LogP contribution in [0, 0.1) is 24.5 Å². The summed E-state index contributed by atoms with van der Waals surface area (Å²) in [5, 5.41) is 3.27. The highest BCUT2D eigenvalue weighted by Crippen LogP contribution is 2.23. The van der Waals surface area contributed by atoms with Crippen molar-refractivity contribution in [3.63, 3.8) is 0 Å². The lowest BCUT2D eigenvalue weighted by Crippen LogP contribution is -2.50. The Hall–Kier alpha value is -1.49. The van der Waals surface area contributed by atoms with Crippen molar-refractivity contribution in [1.29, 1.82) is 0 Å². The Morgan fingerprint density at radius 1 is 1.38 bits per heavy atom. The second-order valence-electron chi connectivity index (χ2n) is 5.68. The molecule has 21 heavy (non-hydrogen) atoms. The monoisotopic (exact) mass is 296 g/mol. The van der Waals surface area contributed by atoms with Crippen LogP contribution in [0.3, 0.4) is 0 Å². The van der Waals surface area contributed by atoms with Crippen LogP contribution in [0.2, 0.25) is 0 Å². The van der Waals surface area contributed by atoms with Crippen LogP contribution in [0.15, 0.2) is 12.1 Å². The van der Waals surface area contributed by atoms with E-state index in [0.717, 1.165) is 18.9 Å². The average molecular weight is 296 g/mol. The first-order valence-corrected chi connectivity index (χ1v) is 7.40. The summed E-state index contributed by atoms with van der Waals surface area (Å²) >= 11 is 0. The van der Waals surface area contributed by atoms with E-state index >= 15 is 0 Å². The Kier molecular flexibility index (Phi) is 4.93. The van der Waals surface area contributed by atoms with Gasteiger partial charge in [0.15, 0.2) is 0 Å². The minimum Gasteiger partial charge on any atom is -0.338 e. The predicted octanol–water partition coefficient (Wildman–Crippen LogP) is 2.73. The molecular formula is C16H22F2N2O. The van der Waals surface area contributed by atoms with Crippen molar-refractivity contribution in [3.8, 4) is 0 Å². The first kappa shape index (κ1) is 15.9. The Bertz CT molecular complexity index is 533. The van der Waals surface area contributed by atoms with E-state index in [2.05, 4.69) is 12.2 Å². The number of piperidine rings is 1. The van der Waals surface area contributed by atoms with Gasteiger partial charge in [-0.3, -0.25) is 4.79 Å². The summed E-state index contributed by atoms with van der Waals surface area (Å²) in [5.74, 6) is -1.39. The second kappa shape index (κ2) is 6.52. The molecule has 0 aliphatic carbocycles. The Morgan fingerprint density at radius 3 is 2.71 bits per heavy atom. The van der Waals surface area contributed by atoms with Crippen molar-refractivity contribution >= 4 is 5.91 Å². The van der Waals surface area contributed by atoms with Crippen molar-refractivity contribution in [2.24, 2.45) is 5.92 Å². The topological polar surface area (TPSA) is 32.3 Å². The number of likely N-dealkylation sites (tertiary alicyclic amines) is 1. The van der Waals surface area contributed by atoms with Crippen LogP contribution in [0.5, 0.6) is 0 Å². The number of nitrogens with zero attached hydrogens (tertiary/aromatic N) is 1. The van der Waals surface area contributed by atoms with E-state index in [1.54, 1.807) is 4.90 Å². The third-order valence-corrected chi connectivity index (χ3v) is 4.40.